The third-order valence-electron chi connectivity index (χ3n) is 4.84. The molecular weight excluding hydrogens is 348 g/mol. The van der Waals surface area contributed by atoms with E-state index >= 15 is 0 Å². The lowest BCUT2D eigenvalue weighted by atomic mass is 9.86. The van der Waals surface area contributed by atoms with E-state index in [1.807, 2.05) is 43.3 Å². The summed E-state index contributed by atoms with van der Waals surface area (Å²) < 4.78 is 2.29. The fraction of sp³-hybridized carbons (Fsp3) is 0.500. The van der Waals surface area contributed by atoms with E-state index in [1.165, 1.54) is 0 Å². The van der Waals surface area contributed by atoms with Gasteiger partial charge in [-0.25, -0.2) is 9.78 Å². The number of nitrogens with zero attached hydrogens (tertiary/aromatic N) is 3. The Morgan fingerprint density at radius 2 is 1.92 bits per heavy atom. The Kier molecular flexibility index (Phi) is 6.03. The number of thiol groups is 1. The molecule has 0 unspecified atom stereocenters. The van der Waals surface area contributed by atoms with Crippen LogP contribution in [0, 0.1) is 5.92 Å². The van der Waals surface area contributed by atoms with Gasteiger partial charge in [0.25, 0.3) is 0 Å². The van der Waals surface area contributed by atoms with Gasteiger partial charge in [-0.05, 0) is 43.7 Å². The number of aromatic nitrogens is 2. The van der Waals surface area contributed by atoms with Crippen LogP contribution in [0.15, 0.2) is 24.3 Å². The fourth-order valence-electron chi connectivity index (χ4n) is 3.44. The first kappa shape index (κ1) is 18.6. The molecule has 1 fully saturated rings. The Labute approximate surface area is 159 Å². The number of urea groups is 1. The molecule has 0 atom stereocenters. The molecule has 8 heteroatoms. The second-order valence-corrected chi connectivity index (χ2v) is 7.19. The Bertz CT molecular complexity index is 760. The van der Waals surface area contributed by atoms with Gasteiger partial charge >= 0.3 is 6.03 Å². The van der Waals surface area contributed by atoms with Crippen molar-refractivity contribution in [3.05, 3.63) is 24.3 Å². The molecule has 1 heterocycles. The molecule has 3 rings (SSSR count). The zero-order valence-electron chi connectivity index (χ0n) is 15.2. The van der Waals surface area contributed by atoms with Gasteiger partial charge < -0.3 is 15.5 Å². The summed E-state index contributed by atoms with van der Waals surface area (Å²) in [4.78, 5) is 22.6. The van der Waals surface area contributed by atoms with Crippen LogP contribution in [0.25, 0.3) is 10.9 Å². The maximum Gasteiger partial charge on any atom is 0.324 e. The van der Waals surface area contributed by atoms with E-state index in [9.17, 15) is 4.79 Å². The van der Waals surface area contributed by atoms with E-state index in [2.05, 4.69) is 33.2 Å². The molecule has 7 nitrogen and oxygen atoms in total. The predicted octanol–water partition coefficient (Wildman–Crippen LogP) is 2.81. The fourth-order valence-corrected chi connectivity index (χ4v) is 3.51. The van der Waals surface area contributed by atoms with E-state index in [1.54, 1.807) is 0 Å². The van der Waals surface area contributed by atoms with E-state index < -0.39 is 0 Å². The Hall–Kier alpha value is -2.22. The zero-order valence-corrected chi connectivity index (χ0v) is 16.1. The van der Waals surface area contributed by atoms with Gasteiger partial charge in [-0.3, -0.25) is 4.72 Å². The third kappa shape index (κ3) is 4.49. The largest absolute Gasteiger partial charge is 0.362 e. The van der Waals surface area contributed by atoms with E-state index in [-0.39, 0.29) is 6.03 Å². The van der Waals surface area contributed by atoms with Crippen LogP contribution in [-0.2, 0) is 0 Å². The number of amides is 2. The quantitative estimate of drug-likeness (QED) is 0.605. The minimum atomic E-state index is -0.241. The van der Waals surface area contributed by atoms with Crippen molar-refractivity contribution in [2.45, 2.75) is 31.7 Å². The number of carbonyl (C=O) groups is 1. The molecule has 1 aliphatic carbocycles. The highest BCUT2D eigenvalue weighted by Gasteiger charge is 2.22. The number of hydrogen-bond donors (Lipinski definition) is 4. The topological polar surface area (TPSA) is 82.2 Å². The van der Waals surface area contributed by atoms with Crippen LogP contribution in [-0.4, -0.2) is 42.7 Å². The molecule has 2 amide bonds. The van der Waals surface area contributed by atoms with E-state index in [0.717, 1.165) is 42.4 Å². The summed E-state index contributed by atoms with van der Waals surface area (Å²) >= 11 is 3.74. The molecule has 26 heavy (non-hydrogen) atoms. The monoisotopic (exact) mass is 374 g/mol. The normalized spacial score (nSPS) is 19.8. The molecule has 0 bridgehead atoms. The minimum absolute atomic E-state index is 0.241. The van der Waals surface area contributed by atoms with Crippen molar-refractivity contribution in [2.75, 3.05) is 30.9 Å². The number of rotatable bonds is 5. The Balaban J connectivity index is 1.62. The molecule has 140 valence electrons. The van der Waals surface area contributed by atoms with Crippen LogP contribution in [0.2, 0.25) is 0 Å². The molecule has 0 spiro atoms. The van der Waals surface area contributed by atoms with Crippen LogP contribution in [0.4, 0.5) is 16.6 Å². The number of anilines is 2. The summed E-state index contributed by atoms with van der Waals surface area (Å²) in [6, 6.07) is 8.19. The van der Waals surface area contributed by atoms with Crippen molar-refractivity contribution in [1.29, 1.82) is 0 Å². The van der Waals surface area contributed by atoms with Gasteiger partial charge in [0.05, 0.1) is 5.52 Å². The van der Waals surface area contributed by atoms with Gasteiger partial charge in [-0.1, -0.05) is 24.9 Å². The Morgan fingerprint density at radius 1 is 1.19 bits per heavy atom. The van der Waals surface area contributed by atoms with Crippen molar-refractivity contribution in [3.8, 4) is 0 Å². The van der Waals surface area contributed by atoms with Gasteiger partial charge in [-0.15, -0.1) is 0 Å². The lowest BCUT2D eigenvalue weighted by molar-refractivity contribution is 0.241. The predicted molar refractivity (Wildman–Crippen MR) is 109 cm³/mol. The molecule has 1 aromatic carbocycles. The van der Waals surface area contributed by atoms with Crippen molar-refractivity contribution < 1.29 is 4.79 Å². The van der Waals surface area contributed by atoms with Gasteiger partial charge in [0.1, 0.15) is 5.82 Å². The highest BCUT2D eigenvalue weighted by molar-refractivity contribution is 7.78. The summed E-state index contributed by atoms with van der Waals surface area (Å²) in [5.74, 6) is 2.12. The maximum absolute atomic E-state index is 11.2. The summed E-state index contributed by atoms with van der Waals surface area (Å²) in [6.07, 6.45) is 4.22. The SMILES string of the molecule is CN(C)c1nc(NC2CCC(CNC(=O)NS)CC2)nc2ccccc12. The van der Waals surface area contributed by atoms with Crippen LogP contribution < -0.4 is 20.3 Å². The van der Waals surface area contributed by atoms with Gasteiger partial charge in [0.2, 0.25) is 5.95 Å². The van der Waals surface area contributed by atoms with Gasteiger partial charge in [0.15, 0.2) is 0 Å². The Morgan fingerprint density at radius 3 is 2.62 bits per heavy atom. The van der Waals surface area contributed by atoms with Crippen LogP contribution in [0.3, 0.4) is 0 Å². The smallest absolute Gasteiger partial charge is 0.324 e. The van der Waals surface area contributed by atoms with Crippen LogP contribution >= 0.6 is 12.8 Å². The lowest BCUT2D eigenvalue weighted by Gasteiger charge is -2.29. The zero-order chi connectivity index (χ0) is 18.5. The van der Waals surface area contributed by atoms with E-state index in [4.69, 9.17) is 4.98 Å². The molecule has 0 saturated heterocycles. The van der Waals surface area contributed by atoms with Crippen LogP contribution in [0.1, 0.15) is 25.7 Å². The second-order valence-electron chi connectivity index (χ2n) is 6.97. The number of hydrogen-bond acceptors (Lipinski definition) is 6. The molecule has 3 N–H and O–H groups in total. The first-order valence-electron chi connectivity index (χ1n) is 8.95. The average molecular weight is 375 g/mol. The number of nitrogens with one attached hydrogen (secondary N) is 3. The first-order chi connectivity index (χ1) is 12.6. The molecule has 0 radical (unpaired) electrons. The van der Waals surface area contributed by atoms with Gasteiger partial charge in [0, 0.05) is 32.1 Å². The maximum atomic E-state index is 11.2. The molecule has 1 aromatic heterocycles. The van der Waals surface area contributed by atoms with Crippen molar-refractivity contribution in [3.63, 3.8) is 0 Å². The van der Waals surface area contributed by atoms with Crippen molar-refractivity contribution >= 4 is 41.5 Å². The number of fused-ring (bicyclic) bond motifs is 1. The van der Waals surface area contributed by atoms with Crippen molar-refractivity contribution in [2.24, 2.45) is 5.92 Å². The minimum Gasteiger partial charge on any atom is -0.362 e. The summed E-state index contributed by atoms with van der Waals surface area (Å²) in [7, 11) is 4.00. The first-order valence-corrected chi connectivity index (χ1v) is 9.40. The molecule has 1 saturated carbocycles. The highest BCUT2D eigenvalue weighted by Crippen LogP contribution is 2.28. The van der Waals surface area contributed by atoms with E-state index in [0.29, 0.717) is 24.5 Å². The summed E-state index contributed by atoms with van der Waals surface area (Å²) in [5.41, 5.74) is 0.948. The standard InChI is InChI=1S/C18H26N6OS/c1-24(2)16-14-5-3-4-6-15(14)21-17(22-16)20-13-9-7-12(8-10-13)11-19-18(25)23-26/h3-6,12-13,26H,7-11H2,1-2H3,(H2,19,23,25)(H,20,21,22). The van der Waals surface area contributed by atoms with Crippen molar-refractivity contribution in [1.82, 2.24) is 20.0 Å². The average Bonchev–Trinajstić information content (AvgIpc) is 2.66. The third-order valence-corrected chi connectivity index (χ3v) is 5.04. The molecule has 2 aromatic rings. The molecule has 1 aliphatic rings. The molecular formula is C18H26N6OS. The number of carbonyl (C=O) groups excluding carboxylic acids is 1. The number of benzene rings is 1. The van der Waals surface area contributed by atoms with Crippen LogP contribution in [0.5, 0.6) is 0 Å². The lowest BCUT2D eigenvalue weighted by Crippen LogP contribution is -2.36. The second kappa shape index (κ2) is 8.44. The highest BCUT2D eigenvalue weighted by atomic mass is 32.1. The van der Waals surface area contributed by atoms with Gasteiger partial charge in [-0.2, -0.15) is 4.98 Å². The summed E-state index contributed by atoms with van der Waals surface area (Å²) in [5, 5.41) is 7.39. The summed E-state index contributed by atoms with van der Waals surface area (Å²) in [6.45, 7) is 0.691. The molecule has 0 aliphatic heterocycles. The number of para-hydroxylation sites is 1.